The maximum Gasteiger partial charge on any atom is 0.332 e. The van der Waals surface area contributed by atoms with E-state index in [1.807, 2.05) is 0 Å². The molecule has 0 bridgehead atoms. The fraction of sp³-hybridized carbons (Fsp3) is 0.667. The Hall–Kier alpha value is -0.483. The normalized spacial score (nSPS) is 21.0. The van der Waals surface area contributed by atoms with E-state index in [2.05, 4.69) is 13.2 Å². The monoisotopic (exact) mass is 354 g/mol. The largest absolute Gasteiger partial charge is 0.391 e. The molecule has 122 valence electrons. The summed E-state index contributed by atoms with van der Waals surface area (Å²) in [5, 5.41) is 0. The Morgan fingerprint density at radius 1 is 1.05 bits per heavy atom. The van der Waals surface area contributed by atoms with Crippen molar-refractivity contribution in [3.63, 3.8) is 0 Å². The number of sulfone groups is 2. The van der Waals surface area contributed by atoms with Gasteiger partial charge in [-0.1, -0.05) is 12.2 Å². The molecule has 1 aliphatic heterocycles. The second kappa shape index (κ2) is 6.33. The molecule has 6 nitrogen and oxygen atoms in total. The average Bonchev–Trinajstić information content (AvgIpc) is 2.51. The molecule has 0 radical (unpaired) electrons. The van der Waals surface area contributed by atoms with Gasteiger partial charge < -0.3 is 8.85 Å². The van der Waals surface area contributed by atoms with Gasteiger partial charge >= 0.3 is 8.56 Å². The molecule has 9 heteroatoms. The SMILES string of the molecule is C=CCS(=O)(=O)CC1(CS(=O)(=O)CC=C)CO[Si](C)(C)O1. The van der Waals surface area contributed by atoms with Gasteiger partial charge in [0, 0.05) is 0 Å². The van der Waals surface area contributed by atoms with Gasteiger partial charge in [0.15, 0.2) is 19.7 Å². The van der Waals surface area contributed by atoms with E-state index in [4.69, 9.17) is 8.85 Å². The van der Waals surface area contributed by atoms with Crippen molar-refractivity contribution in [2.75, 3.05) is 29.6 Å². The molecule has 1 saturated heterocycles. The smallest absolute Gasteiger partial charge is 0.332 e. The van der Waals surface area contributed by atoms with E-state index < -0.39 is 45.3 Å². The van der Waals surface area contributed by atoms with Gasteiger partial charge in [-0.05, 0) is 13.1 Å². The molecule has 0 N–H and O–H groups in total. The highest BCUT2D eigenvalue weighted by Gasteiger charge is 2.51. The first-order valence-corrected chi connectivity index (χ1v) is 12.9. The summed E-state index contributed by atoms with van der Waals surface area (Å²) in [6.07, 6.45) is 2.55. The van der Waals surface area contributed by atoms with E-state index in [1.54, 1.807) is 13.1 Å². The fourth-order valence-corrected chi connectivity index (χ4v) is 7.65. The molecule has 0 aromatic heterocycles. The van der Waals surface area contributed by atoms with Crippen LogP contribution in [0, 0.1) is 0 Å². The molecule has 0 unspecified atom stereocenters. The van der Waals surface area contributed by atoms with Crippen LogP contribution in [-0.4, -0.2) is 60.6 Å². The average molecular weight is 355 g/mol. The topological polar surface area (TPSA) is 86.7 Å². The first kappa shape index (κ1) is 18.6. The molecule has 0 spiro atoms. The molecule has 0 saturated carbocycles. The first-order chi connectivity index (χ1) is 9.45. The second-order valence-corrected chi connectivity index (χ2v) is 13.2. The number of rotatable bonds is 8. The highest BCUT2D eigenvalue weighted by molar-refractivity contribution is 7.92. The molecule has 21 heavy (non-hydrogen) atoms. The van der Waals surface area contributed by atoms with E-state index >= 15 is 0 Å². The van der Waals surface area contributed by atoms with Gasteiger partial charge in [-0.2, -0.15) is 0 Å². The van der Waals surface area contributed by atoms with Crippen molar-refractivity contribution in [3.8, 4) is 0 Å². The van der Waals surface area contributed by atoms with Crippen LogP contribution < -0.4 is 0 Å². The van der Waals surface area contributed by atoms with Gasteiger partial charge in [0.05, 0.1) is 29.6 Å². The Kier molecular flexibility index (Phi) is 5.60. The zero-order valence-corrected chi connectivity index (χ0v) is 15.0. The maximum absolute atomic E-state index is 12.0. The molecule has 1 aliphatic rings. The molecule has 1 heterocycles. The summed E-state index contributed by atoms with van der Waals surface area (Å²) >= 11 is 0. The van der Waals surface area contributed by atoms with Crippen molar-refractivity contribution < 1.29 is 25.7 Å². The molecular weight excluding hydrogens is 332 g/mol. The Morgan fingerprint density at radius 2 is 1.48 bits per heavy atom. The fourth-order valence-electron chi connectivity index (χ4n) is 2.35. The van der Waals surface area contributed by atoms with Crippen LogP contribution in [0.25, 0.3) is 0 Å². The van der Waals surface area contributed by atoms with Crippen molar-refractivity contribution in [2.24, 2.45) is 0 Å². The third-order valence-electron chi connectivity index (χ3n) is 2.85. The van der Waals surface area contributed by atoms with Gasteiger partial charge in [0.1, 0.15) is 5.60 Å². The summed E-state index contributed by atoms with van der Waals surface area (Å²) in [6, 6.07) is 0. The van der Waals surface area contributed by atoms with Gasteiger partial charge in [-0.25, -0.2) is 16.8 Å². The van der Waals surface area contributed by atoms with Crippen molar-refractivity contribution in [1.29, 1.82) is 0 Å². The maximum atomic E-state index is 12.0. The lowest BCUT2D eigenvalue weighted by Crippen LogP contribution is -2.48. The summed E-state index contributed by atoms with van der Waals surface area (Å²) in [7, 11) is -9.51. The highest BCUT2D eigenvalue weighted by atomic mass is 32.2. The van der Waals surface area contributed by atoms with Crippen molar-refractivity contribution in [2.45, 2.75) is 18.7 Å². The number of hydrogen-bond acceptors (Lipinski definition) is 6. The molecule has 0 aliphatic carbocycles. The third kappa shape index (κ3) is 5.66. The third-order valence-corrected chi connectivity index (χ3v) is 8.04. The molecule has 0 atom stereocenters. The Morgan fingerprint density at radius 3 is 1.76 bits per heavy atom. The van der Waals surface area contributed by atoms with Gasteiger partial charge in [-0.3, -0.25) is 0 Å². The molecule has 1 rings (SSSR count). The Bertz CT molecular complexity index is 564. The molecule has 1 fully saturated rings. The zero-order valence-electron chi connectivity index (χ0n) is 12.4. The van der Waals surface area contributed by atoms with E-state index in [9.17, 15) is 16.8 Å². The summed E-state index contributed by atoms with van der Waals surface area (Å²) in [6.45, 7) is 10.3. The van der Waals surface area contributed by atoms with Crippen LogP contribution in [-0.2, 0) is 28.5 Å². The quantitative estimate of drug-likeness (QED) is 0.470. The van der Waals surface area contributed by atoms with Crippen LogP contribution in [0.3, 0.4) is 0 Å². The zero-order chi connectivity index (χ0) is 16.4. The second-order valence-electron chi connectivity index (χ2n) is 5.66. The molecule has 0 aromatic carbocycles. The lowest BCUT2D eigenvalue weighted by molar-refractivity contribution is 0.139. The summed E-state index contributed by atoms with van der Waals surface area (Å²) in [5.41, 5.74) is -1.33. The van der Waals surface area contributed by atoms with Crippen molar-refractivity contribution in [3.05, 3.63) is 25.3 Å². The first-order valence-electron chi connectivity index (χ1n) is 6.42. The van der Waals surface area contributed by atoms with Crippen LogP contribution >= 0.6 is 0 Å². The van der Waals surface area contributed by atoms with E-state index in [0.29, 0.717) is 0 Å². The minimum atomic E-state index is -3.50. The minimum absolute atomic E-state index is 0.0288. The van der Waals surface area contributed by atoms with Gasteiger partial charge in [-0.15, -0.1) is 13.2 Å². The number of hydrogen-bond donors (Lipinski definition) is 0. The summed E-state index contributed by atoms with van der Waals surface area (Å²) in [5.74, 6) is -1.22. The van der Waals surface area contributed by atoms with Crippen molar-refractivity contribution >= 4 is 28.2 Å². The summed E-state index contributed by atoms with van der Waals surface area (Å²) in [4.78, 5) is 0. The summed E-state index contributed by atoms with van der Waals surface area (Å²) < 4.78 is 59.5. The Balaban J connectivity index is 3.09. The van der Waals surface area contributed by atoms with Crippen LogP contribution in [0.1, 0.15) is 0 Å². The standard InChI is InChI=1S/C12H22O6S2Si/c1-5-7-19(13,14)10-12(9-17-21(3,4)18-12)11-20(15,16)8-6-2/h5-6H,1-2,7-11H2,3-4H3. The highest BCUT2D eigenvalue weighted by Crippen LogP contribution is 2.31. The van der Waals surface area contributed by atoms with Crippen LogP contribution in [0.4, 0.5) is 0 Å². The van der Waals surface area contributed by atoms with Crippen LogP contribution in [0.2, 0.25) is 13.1 Å². The lowest BCUT2D eigenvalue weighted by Gasteiger charge is -2.28. The van der Waals surface area contributed by atoms with Crippen molar-refractivity contribution in [1.82, 2.24) is 0 Å². The van der Waals surface area contributed by atoms with Gasteiger partial charge in [0.2, 0.25) is 0 Å². The van der Waals surface area contributed by atoms with Crippen LogP contribution in [0.15, 0.2) is 25.3 Å². The lowest BCUT2D eigenvalue weighted by atomic mass is 10.1. The molecular formula is C12H22O6S2Si. The Labute approximate surface area is 127 Å². The molecule has 0 amide bonds. The van der Waals surface area contributed by atoms with Crippen LogP contribution in [0.5, 0.6) is 0 Å². The van der Waals surface area contributed by atoms with E-state index in [1.165, 1.54) is 12.2 Å². The predicted octanol–water partition coefficient (Wildman–Crippen LogP) is 0.675. The predicted molar refractivity (Wildman–Crippen MR) is 85.0 cm³/mol. The van der Waals surface area contributed by atoms with E-state index in [0.717, 1.165) is 0 Å². The minimum Gasteiger partial charge on any atom is -0.391 e. The van der Waals surface area contributed by atoms with Gasteiger partial charge in [0.25, 0.3) is 0 Å². The molecule has 0 aromatic rings. The van der Waals surface area contributed by atoms with E-state index in [-0.39, 0.29) is 18.1 Å².